The number of anilines is 3. The summed E-state index contributed by atoms with van der Waals surface area (Å²) >= 11 is 0. The van der Waals surface area contributed by atoms with Crippen molar-refractivity contribution in [3.63, 3.8) is 0 Å². The zero-order valence-electron chi connectivity index (χ0n) is 38.1. The number of primary amides is 2. The van der Waals surface area contributed by atoms with Gasteiger partial charge in [-0.2, -0.15) is 10.2 Å². The average molecular weight is 913 g/mol. The molecule has 1 unspecified atom stereocenters. The SMILES string of the molecule is CN1CCNCC1.C[C@@H](Nc1c(C(N)=O)cnn2cc(-c3nnc(N4CCN(C)CC4)o3)cc12)C1(C)CC1.C[C@@H](Nc1c(C(N)=O)cnn2cc(-c3nnc(S(C)=O)o3)cc12)C1(C)CC1. The molecule has 0 radical (unpaired) electrons. The molecular formula is C43H60N16O5S. The van der Waals surface area contributed by atoms with E-state index >= 15 is 0 Å². The molecule has 0 spiro atoms. The predicted molar refractivity (Wildman–Crippen MR) is 247 cm³/mol. The van der Waals surface area contributed by atoms with E-state index in [4.69, 9.17) is 20.3 Å². The topological polar surface area (TPSA) is 261 Å². The molecule has 8 heterocycles. The summed E-state index contributed by atoms with van der Waals surface area (Å²) in [6.07, 6.45) is 12.6. The van der Waals surface area contributed by atoms with Crippen LogP contribution in [0.25, 0.3) is 33.9 Å². The summed E-state index contributed by atoms with van der Waals surface area (Å²) in [7, 11) is 2.90. The Morgan fingerprint density at radius 3 is 1.60 bits per heavy atom. The normalized spacial score (nSPS) is 19.3. The summed E-state index contributed by atoms with van der Waals surface area (Å²) in [5, 5.41) is 35.1. The van der Waals surface area contributed by atoms with Crippen LogP contribution in [0.4, 0.5) is 17.4 Å². The van der Waals surface area contributed by atoms with Gasteiger partial charge in [0.15, 0.2) is 0 Å². The monoisotopic (exact) mass is 912 g/mol. The average Bonchev–Trinajstić information content (AvgIpc) is 3.81. The van der Waals surface area contributed by atoms with Crippen LogP contribution in [-0.2, 0) is 10.8 Å². The maximum absolute atomic E-state index is 12.1. The van der Waals surface area contributed by atoms with Crippen molar-refractivity contribution in [2.75, 3.05) is 88.2 Å². The number of nitrogens with one attached hydrogen (secondary N) is 3. The van der Waals surface area contributed by atoms with Crippen LogP contribution in [0.3, 0.4) is 0 Å². The lowest BCUT2D eigenvalue weighted by Crippen LogP contribution is -2.44. The van der Waals surface area contributed by atoms with E-state index in [1.54, 1.807) is 21.3 Å². The summed E-state index contributed by atoms with van der Waals surface area (Å²) in [4.78, 5) is 30.7. The molecule has 3 atom stereocenters. The molecule has 0 bridgehead atoms. The maximum Gasteiger partial charge on any atom is 0.318 e. The number of piperazine rings is 2. The van der Waals surface area contributed by atoms with Gasteiger partial charge >= 0.3 is 11.2 Å². The highest BCUT2D eigenvalue weighted by atomic mass is 32.2. The van der Waals surface area contributed by atoms with Gasteiger partial charge in [0.1, 0.15) is 10.8 Å². The third-order valence-electron chi connectivity index (χ3n) is 13.4. The number of amides is 2. The van der Waals surface area contributed by atoms with Gasteiger partial charge in [0.25, 0.3) is 17.7 Å². The van der Waals surface area contributed by atoms with Crippen LogP contribution in [0.5, 0.6) is 0 Å². The van der Waals surface area contributed by atoms with Crippen LogP contribution in [0.1, 0.15) is 74.1 Å². The van der Waals surface area contributed by atoms with Gasteiger partial charge in [0.2, 0.25) is 5.89 Å². The number of rotatable bonds is 12. The minimum absolute atomic E-state index is 0.0552. The molecule has 2 amide bonds. The molecule has 4 fully saturated rings. The molecule has 7 N–H and O–H groups in total. The summed E-state index contributed by atoms with van der Waals surface area (Å²) in [5.41, 5.74) is 16.4. The fourth-order valence-electron chi connectivity index (χ4n) is 7.74. The zero-order chi connectivity index (χ0) is 46.2. The van der Waals surface area contributed by atoms with Gasteiger partial charge in [-0.25, -0.2) is 13.2 Å². The second-order valence-corrected chi connectivity index (χ2v) is 19.6. The molecule has 22 heteroatoms. The molecule has 2 saturated carbocycles. The van der Waals surface area contributed by atoms with Crippen molar-refractivity contribution in [3.05, 3.63) is 48.0 Å². The molecule has 4 aliphatic rings. The Morgan fingerprint density at radius 1 is 0.723 bits per heavy atom. The molecule has 0 aromatic carbocycles. The number of nitrogens with zero attached hydrogens (tertiary/aromatic N) is 11. The van der Waals surface area contributed by atoms with Crippen molar-refractivity contribution in [2.45, 2.75) is 70.7 Å². The highest BCUT2D eigenvalue weighted by molar-refractivity contribution is 7.84. The van der Waals surface area contributed by atoms with Crippen molar-refractivity contribution >= 4 is 51.0 Å². The predicted octanol–water partition coefficient (Wildman–Crippen LogP) is 3.18. The number of hydrogen-bond acceptors (Lipinski definition) is 17. The fraction of sp³-hybridized carbons (Fsp3) is 0.535. The molecule has 6 aromatic rings. The lowest BCUT2D eigenvalue weighted by molar-refractivity contribution is 0.0992. The summed E-state index contributed by atoms with van der Waals surface area (Å²) in [5.74, 6) is -0.402. The second kappa shape index (κ2) is 18.5. The molecule has 2 aliphatic heterocycles. The molecule has 65 heavy (non-hydrogen) atoms. The van der Waals surface area contributed by atoms with Crippen molar-refractivity contribution in [1.82, 2.24) is 54.7 Å². The van der Waals surface area contributed by atoms with Crippen LogP contribution in [-0.4, -0.2) is 150 Å². The van der Waals surface area contributed by atoms with Crippen molar-refractivity contribution in [3.8, 4) is 22.9 Å². The van der Waals surface area contributed by atoms with E-state index in [9.17, 15) is 13.8 Å². The minimum atomic E-state index is -1.36. The van der Waals surface area contributed by atoms with E-state index in [0.29, 0.717) is 45.5 Å². The molecule has 348 valence electrons. The Kier molecular flexibility index (Phi) is 13.0. The summed E-state index contributed by atoms with van der Waals surface area (Å²) in [6, 6.07) is 4.59. The number of carbonyl (C=O) groups excluding carboxylic acids is 2. The van der Waals surface area contributed by atoms with E-state index in [2.05, 4.69) is 103 Å². The van der Waals surface area contributed by atoms with Crippen LogP contribution in [0.2, 0.25) is 0 Å². The van der Waals surface area contributed by atoms with Crippen LogP contribution >= 0.6 is 0 Å². The Hall–Kier alpha value is -5.97. The smallest absolute Gasteiger partial charge is 0.318 e. The van der Waals surface area contributed by atoms with Crippen molar-refractivity contribution in [2.24, 2.45) is 22.3 Å². The first-order chi connectivity index (χ1) is 31.0. The van der Waals surface area contributed by atoms with E-state index in [1.807, 2.05) is 12.3 Å². The first kappa shape index (κ1) is 45.6. The third kappa shape index (κ3) is 10.1. The van der Waals surface area contributed by atoms with E-state index in [1.165, 1.54) is 31.7 Å². The fourth-order valence-corrected chi connectivity index (χ4v) is 8.10. The number of carbonyl (C=O) groups is 2. The van der Waals surface area contributed by atoms with Crippen molar-refractivity contribution < 1.29 is 22.6 Å². The highest BCUT2D eigenvalue weighted by Crippen LogP contribution is 2.50. The third-order valence-corrected chi connectivity index (χ3v) is 14.0. The van der Waals surface area contributed by atoms with E-state index < -0.39 is 22.6 Å². The summed E-state index contributed by atoms with van der Waals surface area (Å²) in [6.45, 7) is 17.1. The van der Waals surface area contributed by atoms with E-state index in [0.717, 1.165) is 76.0 Å². The lowest BCUT2D eigenvalue weighted by Gasteiger charge is -2.30. The van der Waals surface area contributed by atoms with Crippen molar-refractivity contribution in [1.29, 1.82) is 0 Å². The Morgan fingerprint density at radius 2 is 1.18 bits per heavy atom. The standard InChI is InChI=1S/C21H28N8O2.C17H20N6O3S.C5H12N2/c1-13(21(2)4-5-21)24-17-15(18(22)30)11-23-29-12-14(10-16(17)29)19-25-26-20(31-19)28-8-6-27(3)7-9-28;1-9(17(2)4-5-17)20-13-11(14(18)24)7-19-23-8-10(6-12(13)23)15-21-22-16(26-15)27(3)25;1-7-4-2-6-3-5-7/h10-13,24H,4-9H2,1-3H3,(H2,22,30);6-9,20H,4-5H2,1-3H3,(H2,18,24);6H,2-5H2,1H3/t13-;9-,27?;/m11./s1. The molecule has 6 aromatic heterocycles. The number of fused-ring (bicyclic) bond motifs is 2. The Labute approximate surface area is 379 Å². The molecule has 2 aliphatic carbocycles. The van der Waals surface area contributed by atoms with Gasteiger partial charge in [-0.3, -0.25) is 9.59 Å². The Bertz CT molecular complexity index is 2690. The van der Waals surface area contributed by atoms with E-state index in [-0.39, 0.29) is 34.0 Å². The van der Waals surface area contributed by atoms with Gasteiger partial charge in [-0.15, -0.1) is 10.2 Å². The van der Waals surface area contributed by atoms with Crippen LogP contribution in [0.15, 0.2) is 51.0 Å². The number of hydrogen-bond donors (Lipinski definition) is 5. The maximum atomic E-state index is 12.1. The van der Waals surface area contributed by atoms with Gasteiger partial charge in [0, 0.05) is 83.1 Å². The van der Waals surface area contributed by atoms with Gasteiger partial charge in [0.05, 0.1) is 57.1 Å². The molecule has 21 nitrogen and oxygen atoms in total. The van der Waals surface area contributed by atoms with Crippen LogP contribution in [0, 0.1) is 10.8 Å². The lowest BCUT2D eigenvalue weighted by atomic mass is 10.00. The molecule has 2 saturated heterocycles. The molecule has 10 rings (SSSR count). The summed E-state index contributed by atoms with van der Waals surface area (Å²) < 4.78 is 26.2. The Balaban J connectivity index is 0.000000155. The minimum Gasteiger partial charge on any atom is -0.409 e. The number of aromatic nitrogens is 8. The van der Waals surface area contributed by atoms with Gasteiger partial charge in [-0.05, 0) is 76.6 Å². The number of likely N-dealkylation sites (N-methyl/N-ethyl adjacent to an activating group) is 2. The highest BCUT2D eigenvalue weighted by Gasteiger charge is 2.44. The van der Waals surface area contributed by atoms with Crippen LogP contribution < -0.4 is 32.3 Å². The first-order valence-corrected chi connectivity index (χ1v) is 23.6. The molecular weight excluding hydrogens is 853 g/mol. The largest absolute Gasteiger partial charge is 0.409 e. The second-order valence-electron chi connectivity index (χ2n) is 18.3. The van der Waals surface area contributed by atoms with Gasteiger partial charge in [-0.1, -0.05) is 24.0 Å². The zero-order valence-corrected chi connectivity index (χ0v) is 38.9. The quantitative estimate of drug-likeness (QED) is 0.118. The number of nitrogens with two attached hydrogens (primary N) is 2. The van der Waals surface area contributed by atoms with Gasteiger partial charge < -0.3 is 51.0 Å². The first-order valence-electron chi connectivity index (χ1n) is 22.0.